The third-order valence-electron chi connectivity index (χ3n) is 4.72. The van der Waals surface area contributed by atoms with Crippen molar-refractivity contribution in [2.75, 3.05) is 43.6 Å². The summed E-state index contributed by atoms with van der Waals surface area (Å²) in [6.45, 7) is 4.71. The van der Waals surface area contributed by atoms with E-state index in [-0.39, 0.29) is 11.8 Å². The van der Waals surface area contributed by atoms with Crippen molar-refractivity contribution in [3.8, 4) is 0 Å². The minimum atomic E-state index is 0.0481. The van der Waals surface area contributed by atoms with E-state index < -0.39 is 0 Å². The zero-order chi connectivity index (χ0) is 19.1. The third-order valence-corrected chi connectivity index (χ3v) is 4.72. The van der Waals surface area contributed by atoms with E-state index in [1.807, 2.05) is 18.2 Å². The summed E-state index contributed by atoms with van der Waals surface area (Å²) in [6.07, 6.45) is 3.37. The summed E-state index contributed by atoms with van der Waals surface area (Å²) in [5.74, 6) is 1.63. The van der Waals surface area contributed by atoms with Crippen molar-refractivity contribution in [2.45, 2.75) is 19.8 Å². The Morgan fingerprint density at radius 1 is 1.22 bits per heavy atom. The number of anilines is 3. The van der Waals surface area contributed by atoms with Gasteiger partial charge in [0, 0.05) is 44.5 Å². The lowest BCUT2D eigenvalue weighted by Gasteiger charge is -2.31. The van der Waals surface area contributed by atoms with Gasteiger partial charge >= 0.3 is 0 Å². The largest absolute Gasteiger partial charge is 0.383 e. The zero-order valence-corrected chi connectivity index (χ0v) is 15.9. The van der Waals surface area contributed by atoms with E-state index in [0.29, 0.717) is 19.1 Å². The number of carbonyl (C=O) groups is 1. The van der Waals surface area contributed by atoms with Crippen LogP contribution < -0.4 is 15.5 Å². The Bertz CT molecular complexity index is 742. The van der Waals surface area contributed by atoms with Crippen LogP contribution in [0.3, 0.4) is 0 Å². The normalized spacial score (nSPS) is 14.8. The molecule has 2 aromatic rings. The molecule has 1 aromatic carbocycles. The molecule has 1 aromatic heterocycles. The van der Waals surface area contributed by atoms with Crippen molar-refractivity contribution in [1.29, 1.82) is 0 Å². The van der Waals surface area contributed by atoms with Crippen LogP contribution in [0.2, 0.25) is 0 Å². The smallest absolute Gasteiger partial charge is 0.227 e. The van der Waals surface area contributed by atoms with Crippen LogP contribution in [0.25, 0.3) is 0 Å². The summed E-state index contributed by atoms with van der Waals surface area (Å²) in [5, 5.41) is 6.24. The first-order valence-electron chi connectivity index (χ1n) is 9.34. The molecule has 0 saturated carbocycles. The molecule has 0 aliphatic carbocycles. The number of nitrogens with zero attached hydrogens (tertiary/aromatic N) is 3. The number of hydrogen-bond donors (Lipinski definition) is 2. The molecule has 1 aliphatic heterocycles. The van der Waals surface area contributed by atoms with Gasteiger partial charge in [-0.1, -0.05) is 17.7 Å². The van der Waals surface area contributed by atoms with Gasteiger partial charge in [0.25, 0.3) is 0 Å². The van der Waals surface area contributed by atoms with Crippen molar-refractivity contribution in [2.24, 2.45) is 5.92 Å². The lowest BCUT2D eigenvalue weighted by Crippen LogP contribution is -2.41. The van der Waals surface area contributed by atoms with E-state index in [2.05, 4.69) is 44.6 Å². The van der Waals surface area contributed by atoms with E-state index >= 15 is 0 Å². The van der Waals surface area contributed by atoms with Crippen molar-refractivity contribution in [3.63, 3.8) is 0 Å². The fourth-order valence-corrected chi connectivity index (χ4v) is 3.12. The van der Waals surface area contributed by atoms with Gasteiger partial charge in [-0.2, -0.15) is 4.98 Å². The molecule has 7 heteroatoms. The average Bonchev–Trinajstić information content (AvgIpc) is 2.70. The van der Waals surface area contributed by atoms with Crippen LogP contribution in [0.15, 0.2) is 36.5 Å². The van der Waals surface area contributed by atoms with Crippen molar-refractivity contribution >= 4 is 23.4 Å². The summed E-state index contributed by atoms with van der Waals surface area (Å²) in [5.41, 5.74) is 2.22. The quantitative estimate of drug-likeness (QED) is 0.730. The van der Waals surface area contributed by atoms with Gasteiger partial charge in [0.05, 0.1) is 6.61 Å². The van der Waals surface area contributed by atoms with Gasteiger partial charge in [-0.3, -0.25) is 4.79 Å². The number of ether oxygens (including phenoxy) is 1. The molecule has 144 valence electrons. The van der Waals surface area contributed by atoms with Crippen molar-refractivity contribution in [3.05, 3.63) is 42.1 Å². The lowest BCUT2D eigenvalue weighted by atomic mass is 9.96. The number of rotatable bonds is 7. The highest BCUT2D eigenvalue weighted by molar-refractivity contribution is 5.78. The molecule has 0 atom stereocenters. The van der Waals surface area contributed by atoms with E-state index in [0.717, 1.165) is 37.4 Å². The van der Waals surface area contributed by atoms with Gasteiger partial charge in [-0.05, 0) is 38.0 Å². The fourth-order valence-electron chi connectivity index (χ4n) is 3.12. The second kappa shape index (κ2) is 9.32. The predicted molar refractivity (Wildman–Crippen MR) is 106 cm³/mol. The number of methoxy groups -OCH3 is 1. The fraction of sp³-hybridized carbons (Fsp3) is 0.450. The number of nitrogens with one attached hydrogen (secondary N) is 2. The third kappa shape index (κ3) is 5.40. The average molecular weight is 369 g/mol. The highest BCUT2D eigenvalue weighted by atomic mass is 16.5. The molecular weight excluding hydrogens is 342 g/mol. The highest BCUT2D eigenvalue weighted by Gasteiger charge is 2.26. The van der Waals surface area contributed by atoms with Gasteiger partial charge in [0.15, 0.2) is 0 Å². The van der Waals surface area contributed by atoms with Gasteiger partial charge in [-0.25, -0.2) is 4.98 Å². The monoisotopic (exact) mass is 369 g/mol. The maximum absolute atomic E-state index is 12.2. The second-order valence-corrected chi connectivity index (χ2v) is 6.78. The first-order chi connectivity index (χ1) is 13.2. The van der Waals surface area contributed by atoms with Crippen LogP contribution in [0, 0.1) is 12.8 Å². The molecular formula is C20H27N5O2. The number of amides is 1. The highest BCUT2D eigenvalue weighted by Crippen LogP contribution is 2.22. The van der Waals surface area contributed by atoms with Crippen LogP contribution in [0.1, 0.15) is 18.4 Å². The van der Waals surface area contributed by atoms with Crippen LogP contribution in [0.4, 0.5) is 17.5 Å². The maximum Gasteiger partial charge on any atom is 0.227 e. The van der Waals surface area contributed by atoms with Crippen LogP contribution in [-0.4, -0.2) is 49.2 Å². The number of hydrogen-bond acceptors (Lipinski definition) is 6. The van der Waals surface area contributed by atoms with E-state index in [4.69, 9.17) is 4.74 Å². The Labute approximate surface area is 160 Å². The molecule has 1 fully saturated rings. The maximum atomic E-state index is 12.2. The molecule has 27 heavy (non-hydrogen) atoms. The molecule has 2 N–H and O–H groups in total. The molecule has 0 spiro atoms. The zero-order valence-electron chi connectivity index (χ0n) is 15.9. The molecule has 1 amide bonds. The molecule has 1 saturated heterocycles. The SMILES string of the molecule is COCCNC(=O)C1CCN(c2nccc(Nc3ccc(C)cc3)n2)CC1. The summed E-state index contributed by atoms with van der Waals surface area (Å²) < 4.78 is 4.97. The molecule has 0 unspecified atom stereocenters. The van der Waals surface area contributed by atoms with Crippen LogP contribution >= 0.6 is 0 Å². The van der Waals surface area contributed by atoms with Crippen molar-refractivity contribution < 1.29 is 9.53 Å². The molecule has 0 radical (unpaired) electrons. The van der Waals surface area contributed by atoms with Crippen LogP contribution in [0.5, 0.6) is 0 Å². The molecule has 3 rings (SSSR count). The summed E-state index contributed by atoms with van der Waals surface area (Å²) >= 11 is 0. The van der Waals surface area contributed by atoms with Crippen molar-refractivity contribution in [1.82, 2.24) is 15.3 Å². The minimum absolute atomic E-state index is 0.0481. The lowest BCUT2D eigenvalue weighted by molar-refractivity contribution is -0.125. The summed E-state index contributed by atoms with van der Waals surface area (Å²) in [7, 11) is 1.63. The molecule has 1 aliphatic rings. The number of aromatic nitrogens is 2. The minimum Gasteiger partial charge on any atom is -0.383 e. The summed E-state index contributed by atoms with van der Waals surface area (Å²) in [6, 6.07) is 10.1. The Morgan fingerprint density at radius 2 is 1.96 bits per heavy atom. The number of carbonyl (C=O) groups excluding carboxylic acids is 1. The van der Waals surface area contributed by atoms with Crippen LogP contribution in [-0.2, 0) is 9.53 Å². The van der Waals surface area contributed by atoms with Gasteiger partial charge in [0.1, 0.15) is 5.82 Å². The van der Waals surface area contributed by atoms with E-state index in [1.54, 1.807) is 13.3 Å². The van der Waals surface area contributed by atoms with Gasteiger partial charge in [0.2, 0.25) is 11.9 Å². The number of piperidine rings is 1. The number of aryl methyl sites for hydroxylation is 1. The van der Waals surface area contributed by atoms with E-state index in [1.165, 1.54) is 5.56 Å². The van der Waals surface area contributed by atoms with Gasteiger partial charge in [-0.15, -0.1) is 0 Å². The summed E-state index contributed by atoms with van der Waals surface area (Å²) in [4.78, 5) is 23.3. The van der Waals surface area contributed by atoms with E-state index in [9.17, 15) is 4.79 Å². The second-order valence-electron chi connectivity index (χ2n) is 6.78. The first kappa shape index (κ1) is 19.1. The molecule has 0 bridgehead atoms. The predicted octanol–water partition coefficient (Wildman–Crippen LogP) is 2.51. The molecule has 2 heterocycles. The Hall–Kier alpha value is -2.67. The Morgan fingerprint density at radius 3 is 2.67 bits per heavy atom. The first-order valence-corrected chi connectivity index (χ1v) is 9.34. The van der Waals surface area contributed by atoms with Gasteiger partial charge < -0.3 is 20.3 Å². The Kier molecular flexibility index (Phi) is 6.59. The topological polar surface area (TPSA) is 79.4 Å². The number of benzene rings is 1. The molecule has 7 nitrogen and oxygen atoms in total. The Balaban J connectivity index is 1.55. The standard InChI is InChI=1S/C20H27N5O2/c1-15-3-5-17(6-4-15)23-18-7-10-22-20(24-18)25-12-8-16(9-13-25)19(26)21-11-14-27-2/h3-7,10,16H,8-9,11-14H2,1-2H3,(H,21,26)(H,22,23,24).